The van der Waals surface area contributed by atoms with Gasteiger partial charge >= 0.3 is 0 Å². The summed E-state index contributed by atoms with van der Waals surface area (Å²) in [4.78, 5) is 10.5. The molecule has 6 heteroatoms. The Morgan fingerprint density at radius 2 is 2.29 bits per heavy atom. The van der Waals surface area contributed by atoms with E-state index >= 15 is 0 Å². The lowest BCUT2D eigenvalue weighted by Gasteiger charge is -2.15. The van der Waals surface area contributed by atoms with Crippen molar-refractivity contribution in [3.63, 3.8) is 0 Å². The van der Waals surface area contributed by atoms with E-state index in [1.54, 1.807) is 6.07 Å². The second kappa shape index (κ2) is 5.37. The number of nitrogens with two attached hydrogens (primary N) is 1. The van der Waals surface area contributed by atoms with E-state index in [1.807, 2.05) is 17.8 Å². The zero-order chi connectivity index (χ0) is 12.4. The minimum atomic E-state index is -0.364. The van der Waals surface area contributed by atoms with Crippen LogP contribution in [0.15, 0.2) is 22.7 Å². The third kappa shape index (κ3) is 2.81. The number of nitro benzene ring substituents is 1. The van der Waals surface area contributed by atoms with E-state index in [0.717, 1.165) is 23.5 Å². The van der Waals surface area contributed by atoms with Crippen LogP contribution in [0.3, 0.4) is 0 Å². The first kappa shape index (κ1) is 12.9. The highest BCUT2D eigenvalue weighted by atomic mass is 79.9. The first-order chi connectivity index (χ1) is 8.09. The van der Waals surface area contributed by atoms with E-state index in [-0.39, 0.29) is 16.7 Å². The highest BCUT2D eigenvalue weighted by Crippen LogP contribution is 2.33. The van der Waals surface area contributed by atoms with Crippen LogP contribution in [-0.2, 0) is 6.42 Å². The maximum atomic E-state index is 10.8. The molecular formula is C11H13BrN2O2S. The van der Waals surface area contributed by atoms with Crippen molar-refractivity contribution in [2.24, 2.45) is 11.7 Å². The quantitative estimate of drug-likeness (QED) is 0.687. The van der Waals surface area contributed by atoms with Gasteiger partial charge in [0.25, 0.3) is 5.69 Å². The van der Waals surface area contributed by atoms with Crippen molar-refractivity contribution < 1.29 is 4.92 Å². The van der Waals surface area contributed by atoms with Crippen LogP contribution in [-0.4, -0.2) is 22.5 Å². The number of rotatable bonds is 3. The maximum absolute atomic E-state index is 10.8. The molecule has 0 radical (unpaired) electrons. The molecule has 1 aromatic rings. The molecule has 1 saturated heterocycles. The predicted molar refractivity (Wildman–Crippen MR) is 73.3 cm³/mol. The zero-order valence-electron chi connectivity index (χ0n) is 9.14. The molecule has 2 atom stereocenters. The van der Waals surface area contributed by atoms with Gasteiger partial charge in [0.2, 0.25) is 0 Å². The van der Waals surface area contributed by atoms with Crippen molar-refractivity contribution in [2.45, 2.75) is 12.5 Å². The average molecular weight is 317 g/mol. The summed E-state index contributed by atoms with van der Waals surface area (Å²) in [6.07, 6.45) is 0.802. The van der Waals surface area contributed by atoms with Gasteiger partial charge in [0.05, 0.1) is 9.40 Å². The summed E-state index contributed by atoms with van der Waals surface area (Å²) in [6.45, 7) is 0. The number of nitro groups is 1. The van der Waals surface area contributed by atoms with E-state index < -0.39 is 0 Å². The molecule has 1 aliphatic heterocycles. The van der Waals surface area contributed by atoms with Gasteiger partial charge in [-0.15, -0.1) is 0 Å². The maximum Gasteiger partial charge on any atom is 0.283 e. The summed E-state index contributed by atoms with van der Waals surface area (Å²) in [5, 5.41) is 10.8. The Bertz CT molecular complexity index is 441. The Balaban J connectivity index is 2.21. The molecule has 2 rings (SSSR count). The molecule has 1 heterocycles. The van der Waals surface area contributed by atoms with Crippen LogP contribution >= 0.6 is 27.7 Å². The Kier molecular flexibility index (Phi) is 4.06. The fraction of sp³-hybridized carbons (Fsp3) is 0.455. The molecule has 17 heavy (non-hydrogen) atoms. The minimum Gasteiger partial charge on any atom is -0.327 e. The normalized spacial score (nSPS) is 23.9. The standard InChI is InChI=1S/C11H13BrN2O2S/c12-11-7(2-1-3-10(11)14(15)16)4-8-5-17-6-9(8)13/h1-3,8-9H,4-6,13H2. The van der Waals surface area contributed by atoms with Crippen LogP contribution in [0.25, 0.3) is 0 Å². The number of benzene rings is 1. The molecular weight excluding hydrogens is 304 g/mol. The Hall–Kier alpha value is -0.590. The third-order valence-corrected chi connectivity index (χ3v) is 5.18. The smallest absolute Gasteiger partial charge is 0.283 e. The lowest BCUT2D eigenvalue weighted by Crippen LogP contribution is -2.29. The molecule has 0 aromatic heterocycles. The Morgan fingerprint density at radius 1 is 1.53 bits per heavy atom. The van der Waals surface area contributed by atoms with Crippen molar-refractivity contribution in [1.29, 1.82) is 0 Å². The summed E-state index contributed by atoms with van der Waals surface area (Å²) in [6, 6.07) is 5.36. The summed E-state index contributed by atoms with van der Waals surface area (Å²) in [5.41, 5.74) is 7.11. The third-order valence-electron chi connectivity index (χ3n) is 2.98. The van der Waals surface area contributed by atoms with E-state index in [1.165, 1.54) is 6.07 Å². The second-order valence-corrected chi connectivity index (χ2v) is 6.04. The fourth-order valence-corrected chi connectivity index (χ4v) is 3.89. The molecule has 2 unspecified atom stereocenters. The first-order valence-corrected chi connectivity index (χ1v) is 7.29. The van der Waals surface area contributed by atoms with E-state index in [9.17, 15) is 10.1 Å². The topological polar surface area (TPSA) is 69.2 Å². The van der Waals surface area contributed by atoms with Crippen LogP contribution in [0.4, 0.5) is 5.69 Å². The Labute approximate surface area is 112 Å². The van der Waals surface area contributed by atoms with Gasteiger partial charge in [-0.3, -0.25) is 10.1 Å². The molecule has 0 saturated carbocycles. The predicted octanol–water partition coefficient (Wildman–Crippen LogP) is 2.59. The van der Waals surface area contributed by atoms with Crippen LogP contribution in [0, 0.1) is 16.0 Å². The number of hydrogen-bond donors (Lipinski definition) is 1. The molecule has 1 aliphatic rings. The van der Waals surface area contributed by atoms with Crippen molar-refractivity contribution in [3.8, 4) is 0 Å². The largest absolute Gasteiger partial charge is 0.327 e. The van der Waals surface area contributed by atoms with Crippen LogP contribution in [0.1, 0.15) is 5.56 Å². The molecule has 0 spiro atoms. The van der Waals surface area contributed by atoms with Crippen LogP contribution < -0.4 is 5.73 Å². The van der Waals surface area contributed by atoms with Gasteiger partial charge in [-0.1, -0.05) is 12.1 Å². The van der Waals surface area contributed by atoms with Gasteiger partial charge in [-0.25, -0.2) is 0 Å². The lowest BCUT2D eigenvalue weighted by molar-refractivity contribution is -0.385. The van der Waals surface area contributed by atoms with Gasteiger partial charge in [0, 0.05) is 17.9 Å². The molecule has 4 nitrogen and oxygen atoms in total. The van der Waals surface area contributed by atoms with Gasteiger partial charge in [0.1, 0.15) is 0 Å². The van der Waals surface area contributed by atoms with E-state index in [4.69, 9.17) is 5.73 Å². The van der Waals surface area contributed by atoms with Gasteiger partial charge < -0.3 is 5.73 Å². The Morgan fingerprint density at radius 3 is 2.88 bits per heavy atom. The monoisotopic (exact) mass is 316 g/mol. The van der Waals surface area contributed by atoms with Crippen LogP contribution in [0.2, 0.25) is 0 Å². The average Bonchev–Trinajstić information content (AvgIpc) is 2.67. The minimum absolute atomic E-state index is 0.127. The molecule has 1 fully saturated rings. The van der Waals surface area contributed by atoms with Crippen molar-refractivity contribution in [2.75, 3.05) is 11.5 Å². The van der Waals surface area contributed by atoms with Crippen LogP contribution in [0.5, 0.6) is 0 Å². The van der Waals surface area contributed by atoms with E-state index in [2.05, 4.69) is 15.9 Å². The summed E-state index contributed by atoms with van der Waals surface area (Å²) in [5.74, 6) is 2.44. The van der Waals surface area contributed by atoms with E-state index in [0.29, 0.717) is 10.4 Å². The molecule has 92 valence electrons. The summed E-state index contributed by atoms with van der Waals surface area (Å²) >= 11 is 5.17. The molecule has 1 aromatic carbocycles. The first-order valence-electron chi connectivity index (χ1n) is 5.34. The molecule has 0 amide bonds. The number of nitrogens with zero attached hydrogens (tertiary/aromatic N) is 1. The van der Waals surface area contributed by atoms with Crippen molar-refractivity contribution in [3.05, 3.63) is 38.3 Å². The van der Waals surface area contributed by atoms with Gasteiger partial charge in [-0.05, 0) is 39.6 Å². The number of hydrogen-bond acceptors (Lipinski definition) is 4. The fourth-order valence-electron chi connectivity index (χ4n) is 1.97. The summed E-state index contributed by atoms with van der Waals surface area (Å²) in [7, 11) is 0. The SMILES string of the molecule is NC1CSCC1Cc1cccc([N+](=O)[O-])c1Br. The highest BCUT2D eigenvalue weighted by Gasteiger charge is 2.26. The second-order valence-electron chi connectivity index (χ2n) is 4.17. The molecule has 0 aliphatic carbocycles. The van der Waals surface area contributed by atoms with Gasteiger partial charge in [-0.2, -0.15) is 11.8 Å². The zero-order valence-corrected chi connectivity index (χ0v) is 11.5. The lowest BCUT2D eigenvalue weighted by atomic mass is 9.95. The highest BCUT2D eigenvalue weighted by molar-refractivity contribution is 9.10. The van der Waals surface area contributed by atoms with Gasteiger partial charge in [0.15, 0.2) is 0 Å². The summed E-state index contributed by atoms with van der Waals surface area (Å²) < 4.78 is 0.592. The number of halogens is 1. The van der Waals surface area contributed by atoms with Crippen molar-refractivity contribution >= 4 is 33.4 Å². The number of thioether (sulfide) groups is 1. The van der Waals surface area contributed by atoms with Crippen molar-refractivity contribution in [1.82, 2.24) is 0 Å². The molecule has 2 N–H and O–H groups in total. The molecule has 0 bridgehead atoms.